The van der Waals surface area contributed by atoms with Crippen LogP contribution in [0.25, 0.3) is 88.3 Å². The van der Waals surface area contributed by atoms with E-state index in [2.05, 4.69) is 307 Å². The third-order valence-corrected chi connectivity index (χ3v) is 15.9. The Kier molecular flexibility index (Phi) is 10.7. The summed E-state index contributed by atoms with van der Waals surface area (Å²) < 4.78 is 0. The monoisotopic (exact) mass is 976 g/mol. The highest BCUT2D eigenvalue weighted by Crippen LogP contribution is 2.49. The number of benzene rings is 13. The van der Waals surface area contributed by atoms with Gasteiger partial charge in [0.15, 0.2) is 0 Å². The van der Waals surface area contributed by atoms with E-state index in [4.69, 9.17) is 0 Å². The van der Waals surface area contributed by atoms with E-state index in [1.165, 1.54) is 82.7 Å². The Balaban J connectivity index is 1.07. The molecule has 0 fully saturated rings. The van der Waals surface area contributed by atoms with Gasteiger partial charge in [-0.3, -0.25) is 0 Å². The highest BCUT2D eigenvalue weighted by atomic mass is 15.2. The van der Waals surface area contributed by atoms with Crippen LogP contribution in [0.2, 0.25) is 0 Å². The van der Waals surface area contributed by atoms with Gasteiger partial charge >= 0.3 is 0 Å². The molecular weight excluding hydrogens is 928 g/mol. The second-order valence-electron chi connectivity index (χ2n) is 20.5. The molecule has 0 saturated carbocycles. The zero-order valence-electron chi connectivity index (χ0n) is 42.3. The van der Waals surface area contributed by atoms with Crippen LogP contribution < -0.4 is 26.2 Å². The quantitative estimate of drug-likeness (QED) is 0.140. The molecule has 13 aromatic carbocycles. The van der Waals surface area contributed by atoms with Crippen molar-refractivity contribution in [1.82, 2.24) is 0 Å². The van der Waals surface area contributed by atoms with Gasteiger partial charge < -0.3 is 9.80 Å². The van der Waals surface area contributed by atoms with E-state index in [0.717, 1.165) is 56.1 Å². The van der Waals surface area contributed by atoms with Gasteiger partial charge in [0.25, 0.3) is 6.71 Å². The van der Waals surface area contributed by atoms with Crippen molar-refractivity contribution in [2.75, 3.05) is 9.80 Å². The summed E-state index contributed by atoms with van der Waals surface area (Å²) in [5.74, 6) is 0. The molecule has 13 aromatic rings. The molecular formula is C74H49BN2. The molecule has 0 spiro atoms. The lowest BCUT2D eigenvalue weighted by Crippen LogP contribution is -2.61. The summed E-state index contributed by atoms with van der Waals surface area (Å²) in [6.07, 6.45) is 0. The van der Waals surface area contributed by atoms with Crippen molar-refractivity contribution in [3.05, 3.63) is 297 Å². The van der Waals surface area contributed by atoms with Crippen molar-refractivity contribution in [3.8, 4) is 66.8 Å². The number of fused-ring (bicyclic) bond motifs is 6. The molecule has 3 heteroatoms. The SMILES string of the molecule is c1ccc(-c2ccc(-c3cc4c5c(c3)N(c3cc(-c6ccccc6)cc(-c6ccccc6)c3)c3cc6ccccc6cc3B5c3cc5ccccc5cc3N4c3cc(-c4ccccc4)cc(-c4ccccc4)c3)cc2)cc1. The lowest BCUT2D eigenvalue weighted by molar-refractivity contribution is 1.26. The summed E-state index contributed by atoms with van der Waals surface area (Å²) in [5.41, 5.74) is 24.8. The number of hydrogen-bond donors (Lipinski definition) is 0. The van der Waals surface area contributed by atoms with Crippen LogP contribution in [0.1, 0.15) is 0 Å². The fraction of sp³-hybridized carbons (Fsp3) is 0. The van der Waals surface area contributed by atoms with E-state index < -0.39 is 0 Å². The molecule has 0 aromatic heterocycles. The molecule has 77 heavy (non-hydrogen) atoms. The van der Waals surface area contributed by atoms with Crippen molar-refractivity contribution in [1.29, 1.82) is 0 Å². The largest absolute Gasteiger partial charge is 0.311 e. The molecule has 0 radical (unpaired) electrons. The van der Waals surface area contributed by atoms with Crippen molar-refractivity contribution >= 4 is 78.8 Å². The average molecular weight is 977 g/mol. The number of hydrogen-bond acceptors (Lipinski definition) is 2. The molecule has 0 atom stereocenters. The fourth-order valence-corrected chi connectivity index (χ4v) is 12.2. The Morgan fingerprint density at radius 1 is 0.195 bits per heavy atom. The highest BCUT2D eigenvalue weighted by Gasteiger charge is 2.44. The average Bonchev–Trinajstić information content (AvgIpc) is 3.60. The second kappa shape index (κ2) is 18.5. The molecule has 2 aliphatic rings. The molecule has 0 unspecified atom stereocenters. The molecule has 0 saturated heterocycles. The standard InChI is InChI=1S/C74H49BN2/c1-6-20-50(21-7-1)55-34-36-56(37-35-55)65-48-72-74-73(49-65)77(67-42-63(53-26-12-4-13-27-53)39-64(43-67)54-28-14-5-15-29-54)71-47-60-33-19-17-31-58(60)45-69(71)75(74)68-44-57-30-16-18-32-59(57)46-70(68)76(72)66-40-61(51-22-8-2-9-23-51)38-62(41-66)52-24-10-3-11-25-52/h1-49H. The molecule has 2 aliphatic heterocycles. The molecule has 15 rings (SSSR count). The van der Waals surface area contributed by atoms with Crippen LogP contribution in [0.3, 0.4) is 0 Å². The number of nitrogens with zero attached hydrogens (tertiary/aromatic N) is 2. The van der Waals surface area contributed by atoms with E-state index in [-0.39, 0.29) is 6.71 Å². The van der Waals surface area contributed by atoms with Gasteiger partial charge in [-0.2, -0.15) is 0 Å². The van der Waals surface area contributed by atoms with Gasteiger partial charge in [-0.15, -0.1) is 0 Å². The maximum Gasteiger partial charge on any atom is 0.252 e. The van der Waals surface area contributed by atoms with Crippen LogP contribution in [0.4, 0.5) is 34.1 Å². The normalized spacial score (nSPS) is 12.3. The van der Waals surface area contributed by atoms with Crippen LogP contribution in [-0.2, 0) is 0 Å². The van der Waals surface area contributed by atoms with E-state index in [1.54, 1.807) is 0 Å². The Hall–Kier alpha value is -9.96. The van der Waals surface area contributed by atoms with Gasteiger partial charge in [0.1, 0.15) is 0 Å². The van der Waals surface area contributed by atoms with Gasteiger partial charge in [0.05, 0.1) is 0 Å². The number of anilines is 6. The molecule has 358 valence electrons. The molecule has 2 nitrogen and oxygen atoms in total. The van der Waals surface area contributed by atoms with Crippen molar-refractivity contribution < 1.29 is 0 Å². The Bertz CT molecular complexity index is 4010. The minimum absolute atomic E-state index is 0.0991. The van der Waals surface area contributed by atoms with Crippen LogP contribution >= 0.6 is 0 Å². The second-order valence-corrected chi connectivity index (χ2v) is 20.5. The van der Waals surface area contributed by atoms with Gasteiger partial charge in [0, 0.05) is 34.1 Å². The van der Waals surface area contributed by atoms with Crippen LogP contribution in [0, 0.1) is 0 Å². The Morgan fingerprint density at radius 2 is 0.455 bits per heavy atom. The van der Waals surface area contributed by atoms with Gasteiger partial charge in [-0.1, -0.05) is 237 Å². The van der Waals surface area contributed by atoms with Gasteiger partial charge in [-0.25, -0.2) is 0 Å². The van der Waals surface area contributed by atoms with Crippen molar-refractivity contribution in [2.24, 2.45) is 0 Å². The van der Waals surface area contributed by atoms with E-state index in [9.17, 15) is 0 Å². The molecule has 0 amide bonds. The summed E-state index contributed by atoms with van der Waals surface area (Å²) in [6, 6.07) is 110. The summed E-state index contributed by atoms with van der Waals surface area (Å²) in [6.45, 7) is -0.0991. The molecule has 2 heterocycles. The fourth-order valence-electron chi connectivity index (χ4n) is 12.2. The first-order valence-corrected chi connectivity index (χ1v) is 26.7. The van der Waals surface area contributed by atoms with Gasteiger partial charge in [-0.05, 0) is 165 Å². The van der Waals surface area contributed by atoms with Gasteiger partial charge in [0.2, 0.25) is 0 Å². The van der Waals surface area contributed by atoms with Crippen LogP contribution in [0.5, 0.6) is 0 Å². The number of rotatable bonds is 8. The molecule has 0 bridgehead atoms. The first-order valence-electron chi connectivity index (χ1n) is 26.7. The molecule has 0 N–H and O–H groups in total. The zero-order valence-corrected chi connectivity index (χ0v) is 42.3. The lowest BCUT2D eigenvalue weighted by Gasteiger charge is -2.45. The maximum atomic E-state index is 2.60. The Labute approximate surface area is 450 Å². The minimum Gasteiger partial charge on any atom is -0.311 e. The first kappa shape index (κ1) is 44.5. The summed E-state index contributed by atoms with van der Waals surface area (Å²) in [5, 5.41) is 4.86. The third-order valence-electron chi connectivity index (χ3n) is 15.9. The summed E-state index contributed by atoms with van der Waals surface area (Å²) in [7, 11) is 0. The lowest BCUT2D eigenvalue weighted by atomic mass is 9.33. The third kappa shape index (κ3) is 7.83. The Morgan fingerprint density at radius 3 is 0.792 bits per heavy atom. The topological polar surface area (TPSA) is 6.48 Å². The zero-order chi connectivity index (χ0) is 50.8. The van der Waals surface area contributed by atoms with Crippen molar-refractivity contribution in [2.45, 2.75) is 0 Å². The highest BCUT2D eigenvalue weighted by molar-refractivity contribution is 7.00. The minimum atomic E-state index is -0.0991. The van der Waals surface area contributed by atoms with Crippen molar-refractivity contribution in [3.63, 3.8) is 0 Å². The van der Waals surface area contributed by atoms with E-state index >= 15 is 0 Å². The predicted molar refractivity (Wildman–Crippen MR) is 328 cm³/mol. The maximum absolute atomic E-state index is 2.60. The van der Waals surface area contributed by atoms with E-state index in [1.807, 2.05) is 0 Å². The van der Waals surface area contributed by atoms with Crippen LogP contribution in [-0.4, -0.2) is 6.71 Å². The van der Waals surface area contributed by atoms with E-state index in [0.29, 0.717) is 0 Å². The smallest absolute Gasteiger partial charge is 0.252 e. The first-order chi connectivity index (χ1) is 38.1. The molecule has 0 aliphatic carbocycles. The van der Waals surface area contributed by atoms with Crippen LogP contribution in [0.15, 0.2) is 297 Å². The summed E-state index contributed by atoms with van der Waals surface area (Å²) in [4.78, 5) is 5.19. The predicted octanol–water partition coefficient (Wildman–Crippen LogP) is 18.1. The summed E-state index contributed by atoms with van der Waals surface area (Å²) >= 11 is 0.